The zero-order valence-corrected chi connectivity index (χ0v) is 17.4. The van der Waals surface area contributed by atoms with Gasteiger partial charge < -0.3 is 9.47 Å². The molecule has 0 unspecified atom stereocenters. The Balaban J connectivity index is 1.75. The van der Waals surface area contributed by atoms with Gasteiger partial charge in [-0.05, 0) is 60.7 Å². The predicted molar refractivity (Wildman–Crippen MR) is 109 cm³/mol. The molecule has 7 heteroatoms. The summed E-state index contributed by atoms with van der Waals surface area (Å²) in [6, 6.07) is 13.1. The molecule has 0 N–H and O–H groups in total. The first-order valence-electron chi connectivity index (χ1n) is 10.1. The smallest absolute Gasteiger partial charge is 0.416 e. The topological polar surface area (TPSA) is 38.8 Å². The van der Waals surface area contributed by atoms with Gasteiger partial charge in [-0.2, -0.15) is 13.2 Å². The number of rotatable bonds is 5. The van der Waals surface area contributed by atoms with Gasteiger partial charge in [-0.25, -0.2) is 4.79 Å². The van der Waals surface area contributed by atoms with E-state index in [1.807, 2.05) is 30.3 Å². The second-order valence-electron chi connectivity index (χ2n) is 8.03. The van der Waals surface area contributed by atoms with Crippen LogP contribution < -0.4 is 4.74 Å². The van der Waals surface area contributed by atoms with E-state index in [1.165, 1.54) is 19.2 Å². The first kappa shape index (κ1) is 21.4. The van der Waals surface area contributed by atoms with Crippen LogP contribution in [0.1, 0.15) is 36.0 Å². The Morgan fingerprint density at radius 3 is 2.35 bits per heavy atom. The summed E-state index contributed by atoms with van der Waals surface area (Å²) in [4.78, 5) is 14.6. The highest BCUT2D eigenvalue weighted by molar-refractivity contribution is 5.89. The fourth-order valence-electron chi connectivity index (χ4n) is 4.79. The maximum absolute atomic E-state index is 13.1. The van der Waals surface area contributed by atoms with Crippen LogP contribution in [0.3, 0.4) is 0 Å². The van der Waals surface area contributed by atoms with E-state index in [1.54, 1.807) is 7.11 Å². The molecule has 0 aliphatic carbocycles. The minimum atomic E-state index is -4.39. The SMILES string of the molecule is COC(=O)C1=C[C@@]2(c3ccc(C(F)(F)F)cc3)CC[C@@H](C1)N2Cc1ccc(OC)cc1. The fourth-order valence-corrected chi connectivity index (χ4v) is 4.79. The number of alkyl halides is 3. The van der Waals surface area contributed by atoms with E-state index in [2.05, 4.69) is 4.90 Å². The molecule has 0 amide bonds. The molecule has 0 radical (unpaired) electrons. The van der Waals surface area contributed by atoms with Crippen LogP contribution >= 0.6 is 0 Å². The molecule has 2 bridgehead atoms. The van der Waals surface area contributed by atoms with Crippen LogP contribution in [0, 0.1) is 0 Å². The number of ether oxygens (including phenoxy) is 2. The Kier molecular flexibility index (Phi) is 5.56. The molecular formula is C24H24F3NO3. The maximum Gasteiger partial charge on any atom is 0.416 e. The van der Waals surface area contributed by atoms with Gasteiger partial charge in [0, 0.05) is 18.2 Å². The first-order valence-corrected chi connectivity index (χ1v) is 10.1. The number of hydrogen-bond donors (Lipinski definition) is 0. The molecular weight excluding hydrogens is 407 g/mol. The Labute approximate surface area is 179 Å². The molecule has 2 atom stereocenters. The number of esters is 1. The molecule has 2 aliphatic rings. The van der Waals surface area contributed by atoms with Crippen molar-refractivity contribution in [1.29, 1.82) is 0 Å². The van der Waals surface area contributed by atoms with Gasteiger partial charge in [-0.15, -0.1) is 0 Å². The number of hydrogen-bond acceptors (Lipinski definition) is 4. The summed E-state index contributed by atoms with van der Waals surface area (Å²) < 4.78 is 49.5. The molecule has 0 saturated carbocycles. The number of halogens is 3. The van der Waals surface area contributed by atoms with Crippen molar-refractivity contribution in [1.82, 2.24) is 4.90 Å². The van der Waals surface area contributed by atoms with Crippen LogP contribution in [0.25, 0.3) is 0 Å². The number of benzene rings is 2. The Bertz CT molecular complexity index is 983. The minimum absolute atomic E-state index is 0.100. The predicted octanol–water partition coefficient (Wildman–Crippen LogP) is 5.08. The number of methoxy groups -OCH3 is 2. The summed E-state index contributed by atoms with van der Waals surface area (Å²) >= 11 is 0. The zero-order valence-electron chi connectivity index (χ0n) is 17.4. The summed E-state index contributed by atoms with van der Waals surface area (Å²) in [6.45, 7) is 0.612. The van der Waals surface area contributed by atoms with Gasteiger partial charge in [0.05, 0.1) is 25.3 Å². The molecule has 4 nitrogen and oxygen atoms in total. The van der Waals surface area contributed by atoms with Crippen molar-refractivity contribution in [2.45, 2.75) is 43.6 Å². The Morgan fingerprint density at radius 2 is 1.77 bits per heavy atom. The van der Waals surface area contributed by atoms with Gasteiger partial charge in [0.2, 0.25) is 0 Å². The van der Waals surface area contributed by atoms with Gasteiger partial charge in [-0.3, -0.25) is 4.90 Å². The molecule has 2 aliphatic heterocycles. The van der Waals surface area contributed by atoms with E-state index in [0.29, 0.717) is 18.5 Å². The molecule has 0 spiro atoms. The van der Waals surface area contributed by atoms with Crippen LogP contribution in [0.4, 0.5) is 13.2 Å². The molecule has 2 aromatic rings. The standard InChI is InChI=1S/C24H24F3NO3/c1-30-21-9-3-16(4-10-21)15-28-20-11-12-23(28,14-17(13-20)22(29)31-2)18-5-7-19(8-6-18)24(25,26)27/h3-10,14,20H,11-13,15H2,1-2H3/t20-,23+/m0/s1. The van der Waals surface area contributed by atoms with Crippen LogP contribution in [-0.2, 0) is 27.8 Å². The summed E-state index contributed by atoms with van der Waals surface area (Å²) in [5.41, 5.74) is 1.06. The highest BCUT2D eigenvalue weighted by atomic mass is 19.4. The van der Waals surface area contributed by atoms with Gasteiger partial charge in [0.15, 0.2) is 0 Å². The third-order valence-electron chi connectivity index (χ3n) is 6.35. The van der Waals surface area contributed by atoms with Crippen LogP contribution in [0.2, 0.25) is 0 Å². The van der Waals surface area contributed by atoms with E-state index in [0.717, 1.165) is 41.9 Å². The lowest BCUT2D eigenvalue weighted by Crippen LogP contribution is -2.47. The highest BCUT2D eigenvalue weighted by Crippen LogP contribution is 2.50. The van der Waals surface area contributed by atoms with E-state index in [-0.39, 0.29) is 12.0 Å². The van der Waals surface area contributed by atoms with Crippen molar-refractivity contribution in [3.63, 3.8) is 0 Å². The van der Waals surface area contributed by atoms with Crippen molar-refractivity contribution < 1.29 is 27.4 Å². The summed E-state index contributed by atoms with van der Waals surface area (Å²) in [5.74, 6) is 0.378. The Morgan fingerprint density at radius 1 is 1.10 bits per heavy atom. The average molecular weight is 431 g/mol. The molecule has 31 heavy (non-hydrogen) atoms. The van der Waals surface area contributed by atoms with Crippen molar-refractivity contribution >= 4 is 5.97 Å². The summed E-state index contributed by atoms with van der Waals surface area (Å²) in [5, 5.41) is 0. The monoisotopic (exact) mass is 431 g/mol. The number of fused-ring (bicyclic) bond motifs is 2. The highest BCUT2D eigenvalue weighted by Gasteiger charge is 2.50. The molecule has 0 aromatic heterocycles. The van der Waals surface area contributed by atoms with Crippen molar-refractivity contribution in [3.8, 4) is 5.75 Å². The maximum atomic E-state index is 13.1. The Hall–Kier alpha value is -2.80. The van der Waals surface area contributed by atoms with E-state index >= 15 is 0 Å². The van der Waals surface area contributed by atoms with Crippen LogP contribution in [-0.4, -0.2) is 31.1 Å². The van der Waals surface area contributed by atoms with Crippen LogP contribution in [0.5, 0.6) is 5.75 Å². The molecule has 1 fully saturated rings. The normalized spacial score (nSPS) is 23.4. The lowest BCUT2D eigenvalue weighted by molar-refractivity contribution is -0.138. The zero-order chi connectivity index (χ0) is 22.2. The number of carbonyl (C=O) groups excluding carboxylic acids is 1. The minimum Gasteiger partial charge on any atom is -0.497 e. The molecule has 2 aromatic carbocycles. The number of carbonyl (C=O) groups is 1. The van der Waals surface area contributed by atoms with Gasteiger partial charge in [0.25, 0.3) is 0 Å². The van der Waals surface area contributed by atoms with Crippen molar-refractivity contribution in [3.05, 3.63) is 76.9 Å². The molecule has 1 saturated heterocycles. The lowest BCUT2D eigenvalue weighted by Gasteiger charge is -2.43. The third-order valence-corrected chi connectivity index (χ3v) is 6.35. The molecule has 4 rings (SSSR count). The number of nitrogens with zero attached hydrogens (tertiary/aromatic N) is 1. The van der Waals surface area contributed by atoms with Crippen molar-refractivity contribution in [2.24, 2.45) is 0 Å². The average Bonchev–Trinajstić information content (AvgIpc) is 2.97. The van der Waals surface area contributed by atoms with Gasteiger partial charge >= 0.3 is 12.1 Å². The molecule has 164 valence electrons. The van der Waals surface area contributed by atoms with E-state index in [9.17, 15) is 18.0 Å². The van der Waals surface area contributed by atoms with Gasteiger partial charge in [-0.1, -0.05) is 24.3 Å². The lowest BCUT2D eigenvalue weighted by atomic mass is 9.83. The van der Waals surface area contributed by atoms with E-state index < -0.39 is 17.3 Å². The summed E-state index contributed by atoms with van der Waals surface area (Å²) in [7, 11) is 2.96. The van der Waals surface area contributed by atoms with Crippen molar-refractivity contribution in [2.75, 3.05) is 14.2 Å². The second kappa shape index (κ2) is 8.04. The largest absolute Gasteiger partial charge is 0.497 e. The van der Waals surface area contributed by atoms with Crippen LogP contribution in [0.15, 0.2) is 60.2 Å². The second-order valence-corrected chi connectivity index (χ2v) is 8.03. The van der Waals surface area contributed by atoms with Gasteiger partial charge in [0.1, 0.15) is 5.75 Å². The third kappa shape index (κ3) is 3.94. The quantitative estimate of drug-likeness (QED) is 0.619. The van der Waals surface area contributed by atoms with E-state index in [4.69, 9.17) is 9.47 Å². The first-order chi connectivity index (χ1) is 14.8. The summed E-state index contributed by atoms with van der Waals surface area (Å²) in [6.07, 6.45) is -0.371. The molecule has 2 heterocycles. The fraction of sp³-hybridized carbons (Fsp3) is 0.375.